The van der Waals surface area contributed by atoms with Crippen molar-refractivity contribution in [1.29, 1.82) is 0 Å². The molecular weight excluding hydrogens is 406 g/mol. The van der Waals surface area contributed by atoms with Gasteiger partial charge < -0.3 is 15.4 Å². The molecule has 0 atom stereocenters. The van der Waals surface area contributed by atoms with Crippen LogP contribution in [-0.2, 0) is 16.1 Å². The van der Waals surface area contributed by atoms with Crippen molar-refractivity contribution in [1.82, 2.24) is 24.8 Å². The van der Waals surface area contributed by atoms with Crippen LogP contribution in [-0.4, -0.2) is 88.7 Å². The lowest BCUT2D eigenvalue weighted by atomic mass is 10.0. The van der Waals surface area contributed by atoms with Gasteiger partial charge in [0.1, 0.15) is 5.52 Å². The first-order valence-corrected chi connectivity index (χ1v) is 10.7. The van der Waals surface area contributed by atoms with E-state index in [1.165, 1.54) is 0 Å². The largest absolute Gasteiger partial charge is 0.378 e. The fourth-order valence-corrected chi connectivity index (χ4v) is 4.12. The number of aromatic nitrogens is 3. The molecule has 30 heavy (non-hydrogen) atoms. The second kappa shape index (κ2) is 8.58. The molecule has 0 radical (unpaired) electrons. The fraction of sp³-hybridized carbons (Fsp3) is 0.600. The van der Waals surface area contributed by atoms with Crippen LogP contribution in [0, 0.1) is 0 Å². The van der Waals surface area contributed by atoms with Crippen LogP contribution in [0.15, 0.2) is 12.1 Å². The maximum atomic E-state index is 11.7. The number of pyridine rings is 1. The van der Waals surface area contributed by atoms with Gasteiger partial charge in [-0.3, -0.25) is 14.6 Å². The number of morpholine rings is 1. The third-order valence-corrected chi connectivity index (χ3v) is 6.19. The Bertz CT molecular complexity index is 925. The summed E-state index contributed by atoms with van der Waals surface area (Å²) in [5.41, 5.74) is 7.41. The van der Waals surface area contributed by atoms with Crippen molar-refractivity contribution in [3.8, 4) is 0 Å². The summed E-state index contributed by atoms with van der Waals surface area (Å²) in [5.74, 6) is 0.477. The first kappa shape index (κ1) is 21.2. The molecule has 0 aliphatic carbocycles. The van der Waals surface area contributed by atoms with E-state index in [1.807, 2.05) is 26.0 Å². The zero-order valence-corrected chi connectivity index (χ0v) is 18.2. The van der Waals surface area contributed by atoms with E-state index in [-0.39, 0.29) is 11.2 Å². The highest BCUT2D eigenvalue weighted by Gasteiger charge is 2.34. The van der Waals surface area contributed by atoms with Crippen molar-refractivity contribution in [3.63, 3.8) is 0 Å². The van der Waals surface area contributed by atoms with E-state index in [4.69, 9.17) is 27.1 Å². The lowest BCUT2D eigenvalue weighted by Crippen LogP contribution is -2.59. The highest BCUT2D eigenvalue weighted by molar-refractivity contribution is 6.28. The third kappa shape index (κ3) is 4.34. The van der Waals surface area contributed by atoms with Gasteiger partial charge in [-0.2, -0.15) is 4.98 Å². The van der Waals surface area contributed by atoms with E-state index in [1.54, 1.807) is 0 Å². The van der Waals surface area contributed by atoms with Gasteiger partial charge in [0, 0.05) is 45.8 Å². The number of piperazine rings is 1. The minimum Gasteiger partial charge on any atom is -0.378 e. The van der Waals surface area contributed by atoms with E-state index < -0.39 is 5.54 Å². The number of primary amides is 1. The molecule has 0 spiro atoms. The van der Waals surface area contributed by atoms with Crippen molar-refractivity contribution in [3.05, 3.63) is 23.1 Å². The number of nitrogens with two attached hydrogens (primary N) is 1. The van der Waals surface area contributed by atoms with Gasteiger partial charge in [0.2, 0.25) is 11.2 Å². The van der Waals surface area contributed by atoms with Gasteiger partial charge in [-0.15, -0.1) is 0 Å². The lowest BCUT2D eigenvalue weighted by molar-refractivity contribution is -0.129. The van der Waals surface area contributed by atoms with E-state index in [2.05, 4.69) is 24.7 Å². The van der Waals surface area contributed by atoms with Gasteiger partial charge in [-0.05, 0) is 37.6 Å². The van der Waals surface area contributed by atoms with Crippen LogP contribution < -0.4 is 10.6 Å². The normalized spacial score (nSPS) is 19.4. The first-order chi connectivity index (χ1) is 14.3. The molecule has 0 unspecified atom stereocenters. The highest BCUT2D eigenvalue weighted by atomic mass is 35.5. The number of carbonyl (C=O) groups excluding carboxylic acids is 1. The van der Waals surface area contributed by atoms with Crippen molar-refractivity contribution in [2.24, 2.45) is 5.73 Å². The Morgan fingerprint density at radius 1 is 1.10 bits per heavy atom. The maximum Gasteiger partial charge on any atom is 0.237 e. The smallest absolute Gasteiger partial charge is 0.237 e. The summed E-state index contributed by atoms with van der Waals surface area (Å²) in [6.45, 7) is 10.6. The zero-order chi connectivity index (χ0) is 21.3. The summed E-state index contributed by atoms with van der Waals surface area (Å²) in [5, 5.41) is 0.228. The molecule has 4 rings (SSSR count). The third-order valence-electron chi connectivity index (χ3n) is 6.02. The summed E-state index contributed by atoms with van der Waals surface area (Å²) in [4.78, 5) is 32.1. The number of carbonyl (C=O) groups is 1. The molecule has 4 heterocycles. The number of anilines is 1. The monoisotopic (exact) mass is 433 g/mol. The number of nitrogens with zero attached hydrogens (tertiary/aromatic N) is 6. The van der Waals surface area contributed by atoms with Crippen LogP contribution in [0.4, 0.5) is 5.82 Å². The number of amides is 1. The Morgan fingerprint density at radius 2 is 1.80 bits per heavy atom. The van der Waals surface area contributed by atoms with Crippen LogP contribution in [0.3, 0.4) is 0 Å². The van der Waals surface area contributed by atoms with Crippen molar-refractivity contribution < 1.29 is 9.53 Å². The molecule has 0 bridgehead atoms. The minimum absolute atomic E-state index is 0.228. The second-order valence-electron chi connectivity index (χ2n) is 8.27. The van der Waals surface area contributed by atoms with E-state index in [0.717, 1.165) is 68.4 Å². The van der Waals surface area contributed by atoms with Crippen LogP contribution in [0.25, 0.3) is 11.0 Å². The van der Waals surface area contributed by atoms with E-state index in [9.17, 15) is 4.79 Å². The number of fused-ring (bicyclic) bond motifs is 1. The average Bonchev–Trinajstić information content (AvgIpc) is 2.74. The molecule has 162 valence electrons. The fourth-order valence-electron chi connectivity index (χ4n) is 3.95. The Hall–Kier alpha value is -2.07. The number of halogens is 1. The summed E-state index contributed by atoms with van der Waals surface area (Å²) in [6, 6.07) is 3.95. The number of hydrogen-bond donors (Lipinski definition) is 1. The number of ether oxygens (including phenoxy) is 1. The Labute approximate surface area is 181 Å². The molecule has 2 aromatic heterocycles. The zero-order valence-electron chi connectivity index (χ0n) is 17.5. The Balaban J connectivity index is 1.50. The Morgan fingerprint density at radius 3 is 2.47 bits per heavy atom. The van der Waals surface area contributed by atoms with Crippen LogP contribution >= 0.6 is 11.6 Å². The quantitative estimate of drug-likeness (QED) is 0.694. The maximum absolute atomic E-state index is 11.7. The van der Waals surface area contributed by atoms with Gasteiger partial charge >= 0.3 is 0 Å². The standard InChI is InChI=1S/C20H28ClN7O2/c1-20(2,18(22)29)28-7-5-26(6-8-28)13-14-3-4-15-16(23-14)17(25-19(21)24-15)27-9-11-30-12-10-27/h3-4H,5-13H2,1-2H3,(H2,22,29). The highest BCUT2D eigenvalue weighted by Crippen LogP contribution is 2.25. The molecule has 2 saturated heterocycles. The molecule has 0 saturated carbocycles. The van der Waals surface area contributed by atoms with Gasteiger partial charge in [-0.25, -0.2) is 9.97 Å². The van der Waals surface area contributed by atoms with Gasteiger partial charge in [0.05, 0.1) is 30.0 Å². The molecule has 0 aromatic carbocycles. The van der Waals surface area contributed by atoms with Gasteiger partial charge in [-0.1, -0.05) is 0 Å². The molecule has 2 N–H and O–H groups in total. The summed E-state index contributed by atoms with van der Waals surface area (Å²) < 4.78 is 5.46. The molecule has 9 nitrogen and oxygen atoms in total. The van der Waals surface area contributed by atoms with Crippen LogP contribution in [0.2, 0.25) is 5.28 Å². The molecule has 2 fully saturated rings. The Kier molecular flexibility index (Phi) is 6.06. The average molecular weight is 434 g/mol. The molecule has 10 heteroatoms. The summed E-state index contributed by atoms with van der Waals surface area (Å²) in [6.07, 6.45) is 0. The van der Waals surface area contributed by atoms with Gasteiger partial charge in [0.25, 0.3) is 0 Å². The van der Waals surface area contributed by atoms with Crippen molar-refractivity contribution in [2.45, 2.75) is 25.9 Å². The predicted octanol–water partition coefficient (Wildman–Crippen LogP) is 0.896. The predicted molar refractivity (Wildman–Crippen MR) is 115 cm³/mol. The molecule has 1 amide bonds. The van der Waals surface area contributed by atoms with Crippen LogP contribution in [0.1, 0.15) is 19.5 Å². The lowest BCUT2D eigenvalue weighted by Gasteiger charge is -2.42. The molecule has 2 aliphatic heterocycles. The summed E-state index contributed by atoms with van der Waals surface area (Å²) >= 11 is 6.16. The number of rotatable bonds is 5. The molecular formula is C20H28ClN7O2. The molecule has 2 aromatic rings. The second-order valence-corrected chi connectivity index (χ2v) is 8.61. The number of hydrogen-bond acceptors (Lipinski definition) is 8. The minimum atomic E-state index is -0.628. The van der Waals surface area contributed by atoms with Crippen LogP contribution in [0.5, 0.6) is 0 Å². The van der Waals surface area contributed by atoms with E-state index >= 15 is 0 Å². The summed E-state index contributed by atoms with van der Waals surface area (Å²) in [7, 11) is 0. The van der Waals surface area contributed by atoms with Gasteiger partial charge in [0.15, 0.2) is 5.82 Å². The van der Waals surface area contributed by atoms with Crippen molar-refractivity contribution in [2.75, 3.05) is 57.4 Å². The van der Waals surface area contributed by atoms with Crippen molar-refractivity contribution >= 4 is 34.4 Å². The SMILES string of the molecule is CC(C)(C(N)=O)N1CCN(Cc2ccc3nc(Cl)nc(N4CCOCC4)c3n2)CC1. The molecule has 2 aliphatic rings. The topological polar surface area (TPSA) is 101 Å². The van der Waals surface area contributed by atoms with E-state index in [0.29, 0.717) is 13.2 Å². The first-order valence-electron chi connectivity index (χ1n) is 10.3.